The Labute approximate surface area is 96.4 Å². The van der Waals surface area contributed by atoms with E-state index >= 15 is 0 Å². The summed E-state index contributed by atoms with van der Waals surface area (Å²) in [7, 11) is 2.04. The van der Waals surface area contributed by atoms with Crippen LogP contribution in [0.25, 0.3) is 0 Å². The fourth-order valence-corrected chi connectivity index (χ4v) is 2.71. The van der Waals surface area contributed by atoms with Crippen molar-refractivity contribution in [1.29, 1.82) is 0 Å². The van der Waals surface area contributed by atoms with Gasteiger partial charge in [-0.1, -0.05) is 6.42 Å². The first-order valence-corrected chi connectivity index (χ1v) is 6.43. The van der Waals surface area contributed by atoms with E-state index in [1.54, 1.807) is 0 Å². The molecular weight excluding hydrogens is 200 g/mol. The van der Waals surface area contributed by atoms with Crippen LogP contribution in [0.3, 0.4) is 0 Å². The van der Waals surface area contributed by atoms with Gasteiger partial charge >= 0.3 is 0 Å². The summed E-state index contributed by atoms with van der Waals surface area (Å²) in [6.45, 7) is 2.30. The molecule has 0 bridgehead atoms. The molecule has 1 atom stereocenters. The summed E-state index contributed by atoms with van der Waals surface area (Å²) in [5.74, 6) is 3.70. The lowest BCUT2D eigenvalue weighted by Crippen LogP contribution is -2.14. The van der Waals surface area contributed by atoms with E-state index in [0.29, 0.717) is 5.92 Å². The van der Waals surface area contributed by atoms with Crippen molar-refractivity contribution in [1.82, 2.24) is 20.1 Å². The van der Waals surface area contributed by atoms with Crippen LogP contribution in [0.1, 0.15) is 43.3 Å². The van der Waals surface area contributed by atoms with E-state index < -0.39 is 0 Å². The molecule has 88 valence electrons. The van der Waals surface area contributed by atoms with Crippen molar-refractivity contribution in [3.8, 4) is 0 Å². The van der Waals surface area contributed by atoms with Crippen LogP contribution in [0.5, 0.6) is 0 Å². The fraction of sp³-hybridized carbons (Fsp3) is 0.833. The number of rotatable bonds is 3. The van der Waals surface area contributed by atoms with Crippen molar-refractivity contribution >= 4 is 0 Å². The molecule has 1 saturated carbocycles. The third-order valence-corrected chi connectivity index (χ3v) is 3.94. The van der Waals surface area contributed by atoms with E-state index in [1.807, 2.05) is 11.7 Å². The molecule has 1 saturated heterocycles. The van der Waals surface area contributed by atoms with E-state index in [-0.39, 0.29) is 0 Å². The molecule has 4 nitrogen and oxygen atoms in total. The summed E-state index contributed by atoms with van der Waals surface area (Å²) in [6, 6.07) is 0. The molecule has 0 amide bonds. The van der Waals surface area contributed by atoms with Gasteiger partial charge < -0.3 is 5.32 Å². The second-order valence-electron chi connectivity index (χ2n) is 5.20. The molecule has 1 aliphatic carbocycles. The predicted octanol–water partition coefficient (Wildman–Crippen LogP) is 1.23. The molecule has 1 N–H and O–H groups in total. The first-order valence-electron chi connectivity index (χ1n) is 6.43. The van der Waals surface area contributed by atoms with Crippen LogP contribution in [0.2, 0.25) is 0 Å². The lowest BCUT2D eigenvalue weighted by atomic mass is 9.85. The summed E-state index contributed by atoms with van der Waals surface area (Å²) < 4.78 is 2.00. The number of nitrogens with one attached hydrogen (secondary N) is 1. The Hall–Kier alpha value is -0.900. The topological polar surface area (TPSA) is 42.7 Å². The number of aromatic nitrogens is 3. The summed E-state index contributed by atoms with van der Waals surface area (Å²) in [5.41, 5.74) is 0. The van der Waals surface area contributed by atoms with E-state index in [9.17, 15) is 0 Å². The predicted molar refractivity (Wildman–Crippen MR) is 62.3 cm³/mol. The standard InChI is InChI=1S/C12H20N4/c1-16-12(10-3-2-4-10)14-11(15-16)7-9-5-6-13-8-9/h9-10,13H,2-8H2,1H3. The fourth-order valence-electron chi connectivity index (χ4n) is 2.71. The van der Waals surface area contributed by atoms with Crippen LogP contribution in [0.15, 0.2) is 0 Å². The molecule has 16 heavy (non-hydrogen) atoms. The summed E-state index contributed by atoms with van der Waals surface area (Å²) in [4.78, 5) is 4.72. The Morgan fingerprint density at radius 3 is 2.88 bits per heavy atom. The number of aryl methyl sites for hydroxylation is 1. The zero-order valence-electron chi connectivity index (χ0n) is 9.95. The molecule has 3 rings (SSSR count). The van der Waals surface area contributed by atoms with Crippen LogP contribution in [-0.4, -0.2) is 27.9 Å². The van der Waals surface area contributed by atoms with Crippen LogP contribution in [0.4, 0.5) is 0 Å². The molecule has 0 aromatic carbocycles. The van der Waals surface area contributed by atoms with E-state index in [4.69, 9.17) is 4.98 Å². The second-order valence-corrected chi connectivity index (χ2v) is 5.20. The smallest absolute Gasteiger partial charge is 0.151 e. The highest BCUT2D eigenvalue weighted by Crippen LogP contribution is 2.35. The molecule has 4 heteroatoms. The highest BCUT2D eigenvalue weighted by Gasteiger charge is 2.25. The van der Waals surface area contributed by atoms with Gasteiger partial charge in [0.15, 0.2) is 5.82 Å². The maximum absolute atomic E-state index is 4.72. The Morgan fingerprint density at radius 2 is 2.25 bits per heavy atom. The van der Waals surface area contributed by atoms with Crippen LogP contribution >= 0.6 is 0 Å². The van der Waals surface area contributed by atoms with E-state index in [1.165, 1.54) is 31.5 Å². The molecule has 2 aliphatic rings. The average molecular weight is 220 g/mol. The van der Waals surface area contributed by atoms with Gasteiger partial charge in [-0.05, 0) is 38.3 Å². The summed E-state index contributed by atoms with van der Waals surface area (Å²) in [5, 5.41) is 7.95. The largest absolute Gasteiger partial charge is 0.316 e. The molecule has 1 aromatic rings. The van der Waals surface area contributed by atoms with Crippen molar-refractivity contribution in [3.63, 3.8) is 0 Å². The minimum absolute atomic E-state index is 0.688. The van der Waals surface area contributed by atoms with E-state index in [0.717, 1.165) is 31.3 Å². The quantitative estimate of drug-likeness (QED) is 0.833. The second kappa shape index (κ2) is 4.17. The zero-order valence-corrected chi connectivity index (χ0v) is 9.95. The molecule has 1 unspecified atom stereocenters. The number of hydrogen-bond donors (Lipinski definition) is 1. The third-order valence-electron chi connectivity index (χ3n) is 3.94. The molecule has 1 aliphatic heterocycles. The summed E-state index contributed by atoms with van der Waals surface area (Å²) >= 11 is 0. The first-order chi connectivity index (χ1) is 7.83. The molecular formula is C12H20N4. The molecule has 0 radical (unpaired) electrons. The first kappa shape index (κ1) is 10.3. The summed E-state index contributed by atoms with van der Waals surface area (Å²) in [6.07, 6.45) is 6.29. The van der Waals surface area contributed by atoms with Gasteiger partial charge in [-0.2, -0.15) is 5.10 Å². The van der Waals surface area contributed by atoms with Crippen molar-refractivity contribution in [2.75, 3.05) is 13.1 Å². The Morgan fingerprint density at radius 1 is 1.38 bits per heavy atom. The lowest BCUT2D eigenvalue weighted by molar-refractivity contribution is 0.388. The van der Waals surface area contributed by atoms with Crippen molar-refractivity contribution in [3.05, 3.63) is 11.6 Å². The maximum Gasteiger partial charge on any atom is 0.151 e. The molecule has 1 aromatic heterocycles. The SMILES string of the molecule is Cn1nc(CC2CCNC2)nc1C1CCC1. The minimum atomic E-state index is 0.688. The van der Waals surface area contributed by atoms with Crippen molar-refractivity contribution in [2.45, 2.75) is 38.0 Å². The maximum atomic E-state index is 4.72. The minimum Gasteiger partial charge on any atom is -0.316 e. The zero-order chi connectivity index (χ0) is 11.0. The van der Waals surface area contributed by atoms with Crippen LogP contribution in [0, 0.1) is 5.92 Å². The van der Waals surface area contributed by atoms with Crippen LogP contribution in [-0.2, 0) is 13.5 Å². The average Bonchev–Trinajstić information content (AvgIpc) is 2.76. The van der Waals surface area contributed by atoms with Gasteiger partial charge in [-0.3, -0.25) is 4.68 Å². The van der Waals surface area contributed by atoms with Gasteiger partial charge in [-0.25, -0.2) is 4.98 Å². The van der Waals surface area contributed by atoms with Gasteiger partial charge in [0.2, 0.25) is 0 Å². The van der Waals surface area contributed by atoms with Gasteiger partial charge in [-0.15, -0.1) is 0 Å². The van der Waals surface area contributed by atoms with E-state index in [2.05, 4.69) is 10.4 Å². The Balaban J connectivity index is 1.70. The molecule has 2 fully saturated rings. The van der Waals surface area contributed by atoms with Gasteiger partial charge in [0, 0.05) is 19.4 Å². The molecule has 2 heterocycles. The third kappa shape index (κ3) is 1.86. The van der Waals surface area contributed by atoms with Crippen LogP contribution < -0.4 is 5.32 Å². The number of nitrogens with zero attached hydrogens (tertiary/aromatic N) is 3. The van der Waals surface area contributed by atoms with Crippen molar-refractivity contribution < 1.29 is 0 Å². The Bertz CT molecular complexity index is 361. The molecule has 0 spiro atoms. The monoisotopic (exact) mass is 220 g/mol. The normalized spacial score (nSPS) is 25.9. The number of hydrogen-bond acceptors (Lipinski definition) is 3. The Kier molecular flexibility index (Phi) is 2.67. The highest BCUT2D eigenvalue weighted by molar-refractivity contribution is 5.04. The lowest BCUT2D eigenvalue weighted by Gasteiger charge is -2.23. The van der Waals surface area contributed by atoms with Gasteiger partial charge in [0.25, 0.3) is 0 Å². The highest BCUT2D eigenvalue weighted by atomic mass is 15.3. The van der Waals surface area contributed by atoms with Gasteiger partial charge in [0.1, 0.15) is 5.82 Å². The van der Waals surface area contributed by atoms with Crippen molar-refractivity contribution in [2.24, 2.45) is 13.0 Å². The van der Waals surface area contributed by atoms with Gasteiger partial charge in [0.05, 0.1) is 0 Å².